The fourth-order valence-corrected chi connectivity index (χ4v) is 5.00. The molecular weight excluding hydrogens is 512 g/mol. The van der Waals surface area contributed by atoms with Crippen molar-refractivity contribution in [2.45, 2.75) is 38.8 Å². The molecule has 1 aliphatic heterocycles. The molecule has 0 radical (unpaired) electrons. The zero-order chi connectivity index (χ0) is 26.2. The normalized spacial score (nSPS) is 17.6. The van der Waals surface area contributed by atoms with E-state index in [0.717, 1.165) is 11.3 Å². The van der Waals surface area contributed by atoms with Crippen molar-refractivity contribution in [3.05, 3.63) is 27.2 Å². The number of esters is 1. The van der Waals surface area contributed by atoms with Gasteiger partial charge >= 0.3 is 5.97 Å². The minimum atomic E-state index is -0.605. The van der Waals surface area contributed by atoms with Gasteiger partial charge in [-0.3, -0.25) is 9.59 Å². The summed E-state index contributed by atoms with van der Waals surface area (Å²) in [6, 6.07) is -0.283. The van der Waals surface area contributed by atoms with Crippen molar-refractivity contribution in [2.75, 3.05) is 52.0 Å². The number of hydrogen-bond donors (Lipinski definition) is 3. The Morgan fingerprint density at radius 2 is 2.00 bits per heavy atom. The van der Waals surface area contributed by atoms with Gasteiger partial charge in [0.25, 0.3) is 11.8 Å². The minimum absolute atomic E-state index is 0.00960. The maximum atomic E-state index is 12.7. The van der Waals surface area contributed by atoms with E-state index in [0.29, 0.717) is 43.4 Å². The highest BCUT2D eigenvalue weighted by Crippen LogP contribution is 2.30. The van der Waals surface area contributed by atoms with Crippen LogP contribution in [-0.4, -0.2) is 91.9 Å². The lowest BCUT2D eigenvalue weighted by Gasteiger charge is -2.37. The summed E-state index contributed by atoms with van der Waals surface area (Å²) in [5, 5.41) is 6.43. The first-order chi connectivity index (χ1) is 17.3. The molecule has 2 unspecified atom stereocenters. The Kier molecular flexibility index (Phi) is 10.0. The van der Waals surface area contributed by atoms with Gasteiger partial charge in [-0.15, -0.1) is 0 Å². The highest BCUT2D eigenvalue weighted by Gasteiger charge is 2.34. The number of nitrogens with zero attached hydrogens (tertiary/aromatic N) is 3. The Bertz CT molecular complexity index is 1080. The summed E-state index contributed by atoms with van der Waals surface area (Å²) in [5.74, 6) is -1.30. The van der Waals surface area contributed by atoms with Crippen LogP contribution < -0.4 is 15.5 Å². The number of rotatable bonds is 11. The van der Waals surface area contributed by atoms with Gasteiger partial charge < -0.3 is 34.7 Å². The van der Waals surface area contributed by atoms with E-state index in [9.17, 15) is 14.4 Å². The molecule has 2 amide bonds. The number of nitrogens with one attached hydrogen (secondary N) is 3. The number of hydrogen-bond acceptors (Lipinski definition) is 10. The van der Waals surface area contributed by atoms with Crippen LogP contribution in [0.2, 0.25) is 5.15 Å². The number of carbonyl (C=O) groups is 3. The smallest absolute Gasteiger partial charge is 0.350 e. The lowest BCUT2D eigenvalue weighted by Crippen LogP contribution is -2.55. The zero-order valence-electron chi connectivity index (χ0n) is 20.7. The summed E-state index contributed by atoms with van der Waals surface area (Å²) in [6.07, 6.45) is 0.808. The van der Waals surface area contributed by atoms with E-state index in [1.54, 1.807) is 14.0 Å². The molecule has 0 aliphatic carbocycles. The van der Waals surface area contributed by atoms with Crippen LogP contribution in [0.5, 0.6) is 0 Å². The summed E-state index contributed by atoms with van der Waals surface area (Å²) >= 11 is 7.15. The van der Waals surface area contributed by atoms with Gasteiger partial charge in [0, 0.05) is 33.9 Å². The molecule has 0 saturated carbocycles. The van der Waals surface area contributed by atoms with Gasteiger partial charge in [-0.25, -0.2) is 14.8 Å². The van der Waals surface area contributed by atoms with Gasteiger partial charge in [-0.1, -0.05) is 29.9 Å². The van der Waals surface area contributed by atoms with Crippen LogP contribution in [0.3, 0.4) is 0 Å². The zero-order valence-corrected chi connectivity index (χ0v) is 22.3. The van der Waals surface area contributed by atoms with Crippen LogP contribution in [0, 0.1) is 0 Å². The number of aryl methyl sites for hydroxylation is 1. The summed E-state index contributed by atoms with van der Waals surface area (Å²) < 4.78 is 15.7. The number of imidazole rings is 1. The Labute approximate surface area is 218 Å². The number of aromatic amines is 1. The molecule has 36 heavy (non-hydrogen) atoms. The van der Waals surface area contributed by atoms with Crippen LogP contribution >= 0.6 is 22.9 Å². The number of anilines is 1. The van der Waals surface area contributed by atoms with E-state index < -0.39 is 11.9 Å². The molecular formula is C22H31ClN6O6S. The van der Waals surface area contributed by atoms with Crippen molar-refractivity contribution in [2.24, 2.45) is 0 Å². The molecule has 0 bridgehead atoms. The maximum Gasteiger partial charge on any atom is 0.350 e. The molecule has 12 nitrogen and oxygen atoms in total. The molecule has 0 spiro atoms. The lowest BCUT2D eigenvalue weighted by molar-refractivity contribution is 0.0527. The predicted octanol–water partition coefficient (Wildman–Crippen LogP) is 1.66. The van der Waals surface area contributed by atoms with E-state index in [2.05, 4.69) is 25.6 Å². The van der Waals surface area contributed by atoms with E-state index >= 15 is 0 Å². The first kappa shape index (κ1) is 27.8. The minimum Gasteiger partial charge on any atom is -0.462 e. The molecule has 2 aromatic rings. The van der Waals surface area contributed by atoms with Gasteiger partial charge in [0.05, 0.1) is 31.1 Å². The molecule has 2 aromatic heterocycles. The number of thiazole rings is 1. The van der Waals surface area contributed by atoms with Crippen molar-refractivity contribution in [1.29, 1.82) is 0 Å². The molecule has 3 N–H and O–H groups in total. The molecule has 0 aromatic carbocycles. The summed E-state index contributed by atoms with van der Waals surface area (Å²) in [5.41, 5.74) is 0.707. The second-order valence-corrected chi connectivity index (χ2v) is 9.28. The largest absolute Gasteiger partial charge is 0.462 e. The van der Waals surface area contributed by atoms with Crippen LogP contribution in [-0.2, 0) is 20.6 Å². The number of amides is 2. The van der Waals surface area contributed by atoms with Crippen LogP contribution in [0.25, 0.3) is 0 Å². The quantitative estimate of drug-likeness (QED) is 0.285. The van der Waals surface area contributed by atoms with Crippen LogP contribution in [0.15, 0.2) is 0 Å². The molecule has 1 fully saturated rings. The summed E-state index contributed by atoms with van der Waals surface area (Å²) in [7, 11) is 3.09. The second kappa shape index (κ2) is 13.0. The SMILES string of the molecule is CCOC(=O)c1sc(N2CCC(NC(=O)c3nc(Cl)c(CC)[nH]3)C(OC)C2)nc1C(=O)NCCOC. The van der Waals surface area contributed by atoms with Gasteiger partial charge in [0.2, 0.25) is 0 Å². The Hall–Kier alpha value is -2.74. The van der Waals surface area contributed by atoms with Gasteiger partial charge in [0.1, 0.15) is 4.88 Å². The predicted molar refractivity (Wildman–Crippen MR) is 134 cm³/mol. The van der Waals surface area contributed by atoms with E-state index in [1.807, 2.05) is 11.8 Å². The molecule has 3 heterocycles. The molecule has 14 heteroatoms. The average molecular weight is 543 g/mol. The number of piperidine rings is 1. The summed E-state index contributed by atoms with van der Waals surface area (Å²) in [4.78, 5) is 51.5. The van der Waals surface area contributed by atoms with Crippen LogP contribution in [0.4, 0.5) is 5.13 Å². The van der Waals surface area contributed by atoms with Gasteiger partial charge in [-0.05, 0) is 19.8 Å². The maximum absolute atomic E-state index is 12.7. The monoisotopic (exact) mass is 542 g/mol. The third-order valence-corrected chi connectivity index (χ3v) is 7.04. The first-order valence-electron chi connectivity index (χ1n) is 11.6. The van der Waals surface area contributed by atoms with E-state index in [1.165, 1.54) is 7.11 Å². The number of methoxy groups -OCH3 is 2. The molecule has 3 rings (SSSR count). The number of H-pyrrole nitrogens is 1. The highest BCUT2D eigenvalue weighted by atomic mass is 35.5. The summed E-state index contributed by atoms with van der Waals surface area (Å²) in [6.45, 7) is 5.30. The highest BCUT2D eigenvalue weighted by molar-refractivity contribution is 7.17. The van der Waals surface area contributed by atoms with Crippen molar-refractivity contribution < 1.29 is 28.6 Å². The van der Waals surface area contributed by atoms with Crippen molar-refractivity contribution >= 4 is 45.9 Å². The standard InChI is InChI=1S/C22H31ClN6O6S/c1-5-12-17(23)28-18(25-12)20(31)26-13-7-9-29(11-14(13)34-4)22-27-15(19(30)24-8-10-33-3)16(36-22)21(32)35-6-2/h13-14H,5-11H2,1-4H3,(H,24,30)(H,25,28)(H,26,31). The van der Waals surface area contributed by atoms with E-state index in [-0.39, 0.29) is 52.8 Å². The topological polar surface area (TPSA) is 148 Å². The van der Waals surface area contributed by atoms with Crippen molar-refractivity contribution in [3.8, 4) is 0 Å². The van der Waals surface area contributed by atoms with E-state index in [4.69, 9.17) is 25.8 Å². The third-order valence-electron chi connectivity index (χ3n) is 5.63. The molecule has 198 valence electrons. The molecule has 2 atom stereocenters. The van der Waals surface area contributed by atoms with Crippen LogP contribution in [0.1, 0.15) is 56.7 Å². The molecule has 1 saturated heterocycles. The Morgan fingerprint density at radius 3 is 2.64 bits per heavy atom. The van der Waals surface area contributed by atoms with Crippen molar-refractivity contribution in [1.82, 2.24) is 25.6 Å². The van der Waals surface area contributed by atoms with Gasteiger partial charge in [0.15, 0.2) is 21.8 Å². The van der Waals surface area contributed by atoms with Gasteiger partial charge in [-0.2, -0.15) is 0 Å². The number of carbonyl (C=O) groups excluding carboxylic acids is 3. The lowest BCUT2D eigenvalue weighted by atomic mass is 10.0. The fourth-order valence-electron chi connectivity index (χ4n) is 3.74. The number of ether oxygens (including phenoxy) is 3. The number of halogens is 1. The number of aromatic nitrogens is 3. The first-order valence-corrected chi connectivity index (χ1v) is 12.8. The second-order valence-electron chi connectivity index (χ2n) is 7.94. The Morgan fingerprint density at radius 1 is 1.22 bits per heavy atom. The fraction of sp³-hybridized carbons (Fsp3) is 0.591. The third kappa shape index (κ3) is 6.52. The molecule has 1 aliphatic rings. The van der Waals surface area contributed by atoms with Crippen molar-refractivity contribution in [3.63, 3.8) is 0 Å². The Balaban J connectivity index is 1.73. The average Bonchev–Trinajstić information content (AvgIpc) is 3.48.